The topological polar surface area (TPSA) is 70.3 Å². The zero-order valence-electron chi connectivity index (χ0n) is 15.5. The molecule has 0 spiro atoms. The molecular weight excluding hydrogens is 336 g/mol. The number of likely N-dealkylation sites (N-methyl/N-ethyl adjacent to an activating group) is 1. The molecule has 0 amide bonds. The highest BCUT2D eigenvalue weighted by Gasteiger charge is 2.22. The van der Waals surface area contributed by atoms with Crippen LogP contribution < -0.4 is 0 Å². The molecule has 2 aromatic heterocycles. The van der Waals surface area contributed by atoms with Crippen LogP contribution in [0.15, 0.2) is 6.07 Å². The van der Waals surface area contributed by atoms with Crippen LogP contribution in [0, 0.1) is 0 Å². The SMILES string of the molecule is CC(C)c1nnsc1CN1CCCn2nc(C(O)CN(C)C)cc2C1. The summed E-state index contributed by atoms with van der Waals surface area (Å²) in [6, 6.07) is 2.06. The zero-order chi connectivity index (χ0) is 18.0. The first-order valence-corrected chi connectivity index (χ1v) is 9.64. The number of aliphatic hydroxyl groups is 1. The third-order valence-electron chi connectivity index (χ3n) is 4.49. The van der Waals surface area contributed by atoms with E-state index in [1.54, 1.807) is 0 Å². The van der Waals surface area contributed by atoms with Crippen LogP contribution in [0.2, 0.25) is 0 Å². The molecule has 138 valence electrons. The normalized spacial score (nSPS) is 17.1. The fraction of sp³-hybridized carbons (Fsp3) is 0.706. The Morgan fingerprint density at radius 1 is 1.32 bits per heavy atom. The summed E-state index contributed by atoms with van der Waals surface area (Å²) in [6.45, 7) is 8.58. The average molecular weight is 365 g/mol. The van der Waals surface area contributed by atoms with Gasteiger partial charge in [0.15, 0.2) is 0 Å². The van der Waals surface area contributed by atoms with Gasteiger partial charge in [0.05, 0.1) is 22.0 Å². The van der Waals surface area contributed by atoms with Gasteiger partial charge in [-0.15, -0.1) is 5.10 Å². The molecular formula is C17H28N6OS. The van der Waals surface area contributed by atoms with Crippen molar-refractivity contribution in [1.29, 1.82) is 0 Å². The number of fused-ring (bicyclic) bond motifs is 1. The van der Waals surface area contributed by atoms with E-state index in [-0.39, 0.29) is 0 Å². The highest BCUT2D eigenvalue weighted by Crippen LogP contribution is 2.24. The van der Waals surface area contributed by atoms with Crippen molar-refractivity contribution in [2.24, 2.45) is 0 Å². The first-order valence-electron chi connectivity index (χ1n) is 8.87. The molecule has 8 heteroatoms. The Labute approximate surface area is 153 Å². The molecule has 1 aliphatic heterocycles. The summed E-state index contributed by atoms with van der Waals surface area (Å²) in [5.74, 6) is 0.402. The van der Waals surface area contributed by atoms with E-state index >= 15 is 0 Å². The fourth-order valence-corrected chi connectivity index (χ4v) is 4.09. The van der Waals surface area contributed by atoms with Crippen molar-refractivity contribution in [1.82, 2.24) is 29.2 Å². The van der Waals surface area contributed by atoms with E-state index < -0.39 is 6.10 Å². The quantitative estimate of drug-likeness (QED) is 0.844. The summed E-state index contributed by atoms with van der Waals surface area (Å²) in [4.78, 5) is 5.67. The predicted molar refractivity (Wildman–Crippen MR) is 98.5 cm³/mol. The molecule has 0 saturated heterocycles. The van der Waals surface area contributed by atoms with Gasteiger partial charge in [0.25, 0.3) is 0 Å². The zero-order valence-corrected chi connectivity index (χ0v) is 16.3. The second kappa shape index (κ2) is 7.90. The molecule has 0 saturated carbocycles. The predicted octanol–water partition coefficient (Wildman–Crippen LogP) is 1.86. The highest BCUT2D eigenvalue weighted by molar-refractivity contribution is 7.05. The summed E-state index contributed by atoms with van der Waals surface area (Å²) >= 11 is 1.51. The minimum Gasteiger partial charge on any atom is -0.385 e. The van der Waals surface area contributed by atoms with Crippen LogP contribution in [0.4, 0.5) is 0 Å². The van der Waals surface area contributed by atoms with Gasteiger partial charge >= 0.3 is 0 Å². The molecule has 0 radical (unpaired) electrons. The summed E-state index contributed by atoms with van der Waals surface area (Å²) in [6.07, 6.45) is 0.516. The molecule has 7 nitrogen and oxygen atoms in total. The Hall–Kier alpha value is -1.35. The van der Waals surface area contributed by atoms with Crippen molar-refractivity contribution in [3.8, 4) is 0 Å². The van der Waals surface area contributed by atoms with Gasteiger partial charge in [0.2, 0.25) is 0 Å². The maximum atomic E-state index is 10.3. The van der Waals surface area contributed by atoms with Gasteiger partial charge in [0, 0.05) is 32.7 Å². The molecule has 3 heterocycles. The molecule has 1 atom stereocenters. The minimum atomic E-state index is -0.541. The largest absolute Gasteiger partial charge is 0.385 e. The van der Waals surface area contributed by atoms with Crippen molar-refractivity contribution in [2.45, 2.75) is 51.9 Å². The van der Waals surface area contributed by atoms with E-state index in [0.29, 0.717) is 12.5 Å². The van der Waals surface area contributed by atoms with Gasteiger partial charge in [0.1, 0.15) is 6.10 Å². The van der Waals surface area contributed by atoms with Crippen LogP contribution in [0.5, 0.6) is 0 Å². The number of aromatic nitrogens is 4. The lowest BCUT2D eigenvalue weighted by Gasteiger charge is -2.19. The van der Waals surface area contributed by atoms with Crippen LogP contribution in [-0.2, 0) is 19.6 Å². The molecule has 1 aliphatic rings. The molecule has 25 heavy (non-hydrogen) atoms. The molecule has 1 unspecified atom stereocenters. The van der Waals surface area contributed by atoms with Crippen molar-refractivity contribution in [2.75, 3.05) is 27.2 Å². The van der Waals surface area contributed by atoms with Crippen LogP contribution in [-0.4, -0.2) is 61.5 Å². The Morgan fingerprint density at radius 3 is 2.84 bits per heavy atom. The van der Waals surface area contributed by atoms with E-state index in [4.69, 9.17) is 0 Å². The lowest BCUT2D eigenvalue weighted by molar-refractivity contribution is 0.133. The van der Waals surface area contributed by atoms with Crippen molar-refractivity contribution < 1.29 is 5.11 Å². The summed E-state index contributed by atoms with van der Waals surface area (Å²) in [7, 11) is 3.92. The number of hydrogen-bond acceptors (Lipinski definition) is 7. The van der Waals surface area contributed by atoms with Crippen LogP contribution in [0.1, 0.15) is 54.2 Å². The van der Waals surface area contributed by atoms with Gasteiger partial charge in [-0.2, -0.15) is 5.10 Å². The minimum absolute atomic E-state index is 0.402. The Bertz CT molecular complexity index is 695. The maximum absolute atomic E-state index is 10.3. The van der Waals surface area contributed by atoms with Crippen molar-refractivity contribution >= 4 is 11.5 Å². The van der Waals surface area contributed by atoms with Gasteiger partial charge in [-0.1, -0.05) is 18.3 Å². The molecule has 1 N–H and O–H groups in total. The van der Waals surface area contributed by atoms with Gasteiger partial charge in [-0.25, -0.2) is 0 Å². The summed E-state index contributed by atoms with van der Waals surface area (Å²) in [5, 5.41) is 19.3. The lowest BCUT2D eigenvalue weighted by atomic mass is 10.1. The summed E-state index contributed by atoms with van der Waals surface area (Å²) < 4.78 is 6.20. The Kier molecular flexibility index (Phi) is 5.83. The Morgan fingerprint density at radius 2 is 2.12 bits per heavy atom. The fourth-order valence-electron chi connectivity index (χ4n) is 3.25. The third-order valence-corrected chi connectivity index (χ3v) is 5.21. The second-order valence-electron chi connectivity index (χ2n) is 7.36. The van der Waals surface area contributed by atoms with Gasteiger partial charge in [-0.3, -0.25) is 9.58 Å². The molecule has 3 rings (SSSR count). The van der Waals surface area contributed by atoms with E-state index in [1.165, 1.54) is 22.1 Å². The Balaban J connectivity index is 1.72. The third kappa shape index (κ3) is 4.44. The number of aliphatic hydroxyl groups excluding tert-OH is 1. The first-order chi connectivity index (χ1) is 11.9. The molecule has 2 aromatic rings. The van der Waals surface area contributed by atoms with E-state index in [0.717, 1.165) is 44.0 Å². The van der Waals surface area contributed by atoms with Gasteiger partial charge in [-0.05, 0) is 44.0 Å². The number of aryl methyl sites for hydroxylation is 1. The highest BCUT2D eigenvalue weighted by atomic mass is 32.1. The average Bonchev–Trinajstić information content (AvgIpc) is 3.10. The monoisotopic (exact) mass is 364 g/mol. The second-order valence-corrected chi connectivity index (χ2v) is 8.20. The van der Waals surface area contributed by atoms with Crippen LogP contribution in [0.25, 0.3) is 0 Å². The first kappa shape index (κ1) is 18.4. The molecule has 0 fully saturated rings. The van der Waals surface area contributed by atoms with Crippen LogP contribution >= 0.6 is 11.5 Å². The van der Waals surface area contributed by atoms with E-state index in [2.05, 4.69) is 44.2 Å². The number of hydrogen-bond donors (Lipinski definition) is 1. The standard InChI is InChI=1S/C17H28N6OS/c1-12(2)17-16(25-20-18-17)11-22-6-5-7-23-13(9-22)8-14(19-23)15(24)10-21(3)4/h8,12,15,24H,5-7,9-11H2,1-4H3. The smallest absolute Gasteiger partial charge is 0.110 e. The maximum Gasteiger partial charge on any atom is 0.110 e. The summed E-state index contributed by atoms with van der Waals surface area (Å²) in [5.41, 5.74) is 3.06. The number of rotatable bonds is 6. The number of nitrogens with zero attached hydrogens (tertiary/aromatic N) is 6. The van der Waals surface area contributed by atoms with Crippen molar-refractivity contribution in [3.63, 3.8) is 0 Å². The molecule has 0 bridgehead atoms. The van der Waals surface area contributed by atoms with E-state index in [1.807, 2.05) is 19.0 Å². The van der Waals surface area contributed by atoms with E-state index in [9.17, 15) is 5.11 Å². The van der Waals surface area contributed by atoms with Crippen LogP contribution in [0.3, 0.4) is 0 Å². The molecule has 0 aliphatic carbocycles. The lowest BCUT2D eigenvalue weighted by Crippen LogP contribution is -2.23. The van der Waals surface area contributed by atoms with Crippen molar-refractivity contribution in [3.05, 3.63) is 28.0 Å². The molecule has 0 aromatic carbocycles. The van der Waals surface area contributed by atoms with Gasteiger partial charge < -0.3 is 10.0 Å².